The second kappa shape index (κ2) is 9.11. The fourth-order valence-electron chi connectivity index (χ4n) is 5.74. The molecule has 4 heterocycles. The molecule has 1 atom stereocenters. The van der Waals surface area contributed by atoms with Crippen LogP contribution in [0, 0.1) is 0 Å². The minimum atomic E-state index is -1.28. The topological polar surface area (TPSA) is 30.7 Å². The van der Waals surface area contributed by atoms with Gasteiger partial charge in [0, 0.05) is 54.6 Å². The average molecular weight is 536 g/mol. The van der Waals surface area contributed by atoms with Gasteiger partial charge < -0.3 is 0 Å². The normalized spacial score (nSPS) is 12.5. The van der Waals surface area contributed by atoms with E-state index in [9.17, 15) is 0 Å². The van der Waals surface area contributed by atoms with Crippen molar-refractivity contribution in [3.8, 4) is 16.9 Å². The lowest BCUT2D eigenvalue weighted by atomic mass is 9.99. The Bertz CT molecular complexity index is 2200. The number of para-hydroxylation sites is 1. The summed E-state index contributed by atoms with van der Waals surface area (Å²) in [5, 5.41) is 4.68. The van der Waals surface area contributed by atoms with Crippen molar-refractivity contribution < 1.29 is 4.39 Å². The number of alkyl halides is 1. The van der Waals surface area contributed by atoms with Crippen molar-refractivity contribution in [3.63, 3.8) is 0 Å². The van der Waals surface area contributed by atoms with Gasteiger partial charge in [0.05, 0.1) is 11.2 Å². The van der Waals surface area contributed by atoms with Gasteiger partial charge in [-0.15, -0.1) is 11.3 Å². The molecule has 0 spiro atoms. The molecule has 8 aromatic rings. The minimum absolute atomic E-state index is 0.601. The predicted molar refractivity (Wildman–Crippen MR) is 164 cm³/mol. The Morgan fingerprint density at radius 2 is 1.45 bits per heavy atom. The fourth-order valence-corrected chi connectivity index (χ4v) is 6.97. The maximum atomic E-state index is 16.1. The molecule has 0 saturated carbocycles. The molecule has 1 unspecified atom stereocenters. The van der Waals surface area contributed by atoms with Gasteiger partial charge in [0.15, 0.2) is 6.17 Å². The van der Waals surface area contributed by atoms with E-state index in [0.29, 0.717) is 11.1 Å². The zero-order valence-corrected chi connectivity index (χ0v) is 22.1. The largest absolute Gasteiger partial charge is 0.294 e. The van der Waals surface area contributed by atoms with E-state index in [1.165, 1.54) is 20.2 Å². The van der Waals surface area contributed by atoms with Crippen LogP contribution in [-0.4, -0.2) is 14.5 Å². The highest BCUT2D eigenvalue weighted by atomic mass is 32.1. The van der Waals surface area contributed by atoms with Gasteiger partial charge in [-0.1, -0.05) is 72.8 Å². The average Bonchev–Trinajstić information content (AvgIpc) is 3.57. The lowest BCUT2D eigenvalue weighted by molar-refractivity contribution is 0.402. The van der Waals surface area contributed by atoms with Crippen molar-refractivity contribution in [2.75, 3.05) is 0 Å². The van der Waals surface area contributed by atoms with E-state index < -0.39 is 6.17 Å². The van der Waals surface area contributed by atoms with Gasteiger partial charge >= 0.3 is 0 Å². The molecule has 0 aliphatic carbocycles. The summed E-state index contributed by atoms with van der Waals surface area (Å²) in [6.45, 7) is 0. The Hall–Kier alpha value is -4.87. The van der Waals surface area contributed by atoms with Gasteiger partial charge in [0.1, 0.15) is 5.65 Å². The summed E-state index contributed by atoms with van der Waals surface area (Å²) in [5.74, 6) is 0. The highest BCUT2D eigenvalue weighted by Crippen LogP contribution is 2.42. The van der Waals surface area contributed by atoms with E-state index in [2.05, 4.69) is 52.0 Å². The maximum absolute atomic E-state index is 16.1. The van der Waals surface area contributed by atoms with E-state index in [4.69, 9.17) is 4.98 Å². The number of rotatable bonds is 4. The van der Waals surface area contributed by atoms with Gasteiger partial charge in [-0.3, -0.25) is 9.55 Å². The summed E-state index contributed by atoms with van der Waals surface area (Å²) in [6.07, 6.45) is 2.46. The molecule has 190 valence electrons. The first-order valence-electron chi connectivity index (χ1n) is 13.2. The van der Waals surface area contributed by atoms with Crippen molar-refractivity contribution in [2.45, 2.75) is 6.17 Å². The van der Waals surface area contributed by atoms with E-state index in [1.54, 1.807) is 17.5 Å². The fraction of sp³-hybridized carbons (Fsp3) is 0.0286. The Morgan fingerprint density at radius 1 is 0.675 bits per heavy atom. The van der Waals surface area contributed by atoms with Crippen LogP contribution < -0.4 is 0 Å². The lowest BCUT2D eigenvalue weighted by Gasteiger charge is -2.13. The number of nitrogens with zero attached hydrogens (tertiary/aromatic N) is 3. The van der Waals surface area contributed by atoms with Crippen LogP contribution in [-0.2, 0) is 0 Å². The number of fused-ring (bicyclic) bond motifs is 7. The lowest BCUT2D eigenvalue weighted by Crippen LogP contribution is -2.00. The van der Waals surface area contributed by atoms with Crippen LogP contribution >= 0.6 is 11.3 Å². The predicted octanol–water partition coefficient (Wildman–Crippen LogP) is 9.67. The van der Waals surface area contributed by atoms with Crippen molar-refractivity contribution in [3.05, 3.63) is 139 Å². The molecule has 4 aromatic heterocycles. The van der Waals surface area contributed by atoms with Crippen LogP contribution in [0.3, 0.4) is 0 Å². The summed E-state index contributed by atoms with van der Waals surface area (Å²) < 4.78 is 20.7. The van der Waals surface area contributed by atoms with E-state index in [1.807, 2.05) is 79.0 Å². The van der Waals surface area contributed by atoms with Crippen LogP contribution in [0.1, 0.15) is 17.3 Å². The second-order valence-corrected chi connectivity index (χ2v) is 11.0. The molecule has 0 radical (unpaired) electrons. The van der Waals surface area contributed by atoms with Gasteiger partial charge in [0.25, 0.3) is 0 Å². The quantitative estimate of drug-likeness (QED) is 0.225. The second-order valence-electron chi connectivity index (χ2n) is 9.95. The molecule has 8 rings (SSSR count). The Balaban J connectivity index is 1.30. The zero-order valence-electron chi connectivity index (χ0n) is 21.3. The summed E-state index contributed by atoms with van der Waals surface area (Å²) in [7, 11) is 0. The molecule has 0 aliphatic rings. The van der Waals surface area contributed by atoms with Crippen LogP contribution in [0.2, 0.25) is 0 Å². The molecule has 3 nitrogen and oxygen atoms in total. The van der Waals surface area contributed by atoms with Crippen LogP contribution in [0.5, 0.6) is 0 Å². The third-order valence-corrected chi connectivity index (χ3v) is 8.79. The number of thiophene rings is 1. The van der Waals surface area contributed by atoms with Gasteiger partial charge in [-0.2, -0.15) is 0 Å². The summed E-state index contributed by atoms with van der Waals surface area (Å²) in [5.41, 5.74) is 5.76. The van der Waals surface area contributed by atoms with E-state index in [-0.39, 0.29) is 0 Å². The minimum Gasteiger partial charge on any atom is -0.294 e. The van der Waals surface area contributed by atoms with Crippen LogP contribution in [0.25, 0.3) is 59.1 Å². The monoisotopic (exact) mass is 535 g/mol. The molecule has 0 N–H and O–H groups in total. The molecule has 0 aliphatic heterocycles. The zero-order chi connectivity index (χ0) is 26.6. The van der Waals surface area contributed by atoms with Crippen LogP contribution in [0.4, 0.5) is 4.39 Å². The highest BCUT2D eigenvalue weighted by Gasteiger charge is 2.20. The van der Waals surface area contributed by atoms with E-state index >= 15 is 4.39 Å². The molecule has 40 heavy (non-hydrogen) atoms. The van der Waals surface area contributed by atoms with Crippen molar-refractivity contribution >= 4 is 53.4 Å². The third-order valence-electron chi connectivity index (χ3n) is 7.59. The van der Waals surface area contributed by atoms with E-state index in [0.717, 1.165) is 38.9 Å². The first-order chi connectivity index (χ1) is 19.8. The number of pyridine rings is 2. The summed E-state index contributed by atoms with van der Waals surface area (Å²) in [4.78, 5) is 9.42. The maximum Gasteiger partial charge on any atom is 0.150 e. The molecule has 4 aromatic carbocycles. The van der Waals surface area contributed by atoms with Gasteiger partial charge in [-0.05, 0) is 53.6 Å². The van der Waals surface area contributed by atoms with Gasteiger partial charge in [-0.25, -0.2) is 9.37 Å². The number of halogens is 1. The SMILES string of the molecule is FC(c1cccc(-c2ccccn2)c1)c1cccc(-n2c3ccccc3c3c4sc5ccccc5c4cnc32)c1. The van der Waals surface area contributed by atoms with Crippen LogP contribution in [0.15, 0.2) is 128 Å². The Morgan fingerprint density at radius 3 is 2.33 bits per heavy atom. The number of hydrogen-bond donors (Lipinski definition) is 0. The van der Waals surface area contributed by atoms with Crippen molar-refractivity contribution in [1.82, 2.24) is 14.5 Å². The molecule has 0 fully saturated rings. The Labute approximate surface area is 233 Å². The number of benzene rings is 4. The smallest absolute Gasteiger partial charge is 0.150 e. The molecular weight excluding hydrogens is 513 g/mol. The first kappa shape index (κ1) is 23.1. The first-order valence-corrected chi connectivity index (χ1v) is 14.0. The molecular formula is C35H22FN3S. The highest BCUT2D eigenvalue weighted by molar-refractivity contribution is 7.26. The molecule has 0 amide bonds. The van der Waals surface area contributed by atoms with Crippen molar-refractivity contribution in [2.24, 2.45) is 0 Å². The standard InChI is InChI=1S/C35H22FN3S/c36-33(23-10-7-9-22(19-23)29-15-5-6-18-37-29)24-11-8-12-25(20-24)39-30-16-3-1-14-27(30)32-34-28(21-38-35(32)39)26-13-2-4-17-31(26)40-34/h1-21,33H. The number of hydrogen-bond acceptors (Lipinski definition) is 3. The molecule has 0 bridgehead atoms. The van der Waals surface area contributed by atoms with Crippen molar-refractivity contribution in [1.29, 1.82) is 0 Å². The summed E-state index contributed by atoms with van der Waals surface area (Å²) in [6, 6.07) is 38.0. The van der Waals surface area contributed by atoms with Gasteiger partial charge in [0.2, 0.25) is 0 Å². The molecule has 5 heteroatoms. The summed E-state index contributed by atoms with van der Waals surface area (Å²) >= 11 is 1.80. The molecule has 0 saturated heterocycles. The third kappa shape index (κ3) is 3.55. The number of aromatic nitrogens is 3. The Kier molecular flexibility index (Phi) is 5.25.